The molecule has 0 spiro atoms. The zero-order valence-electron chi connectivity index (χ0n) is 12.9. The van der Waals surface area contributed by atoms with Crippen molar-refractivity contribution < 1.29 is 19.0 Å². The van der Waals surface area contributed by atoms with E-state index in [1.165, 1.54) is 0 Å². The molecule has 128 valence electrons. The van der Waals surface area contributed by atoms with Crippen molar-refractivity contribution in [3.05, 3.63) is 57.0 Å². The number of carbonyl (C=O) groups is 1. The summed E-state index contributed by atoms with van der Waals surface area (Å²) in [6.45, 7) is 1.91. The predicted octanol–water partition coefficient (Wildman–Crippen LogP) is 4.96. The maximum Gasteiger partial charge on any atom is 0.344 e. The van der Waals surface area contributed by atoms with Crippen molar-refractivity contribution >= 4 is 40.8 Å². The first kappa shape index (κ1) is 18.7. The van der Waals surface area contributed by atoms with Gasteiger partial charge in [-0.2, -0.15) is 0 Å². The summed E-state index contributed by atoms with van der Waals surface area (Å²) in [5.41, 5.74) is 0.844. The third-order valence-electron chi connectivity index (χ3n) is 2.98. The Morgan fingerprint density at radius 1 is 0.917 bits per heavy atom. The molecule has 0 aliphatic carbocycles. The molecule has 24 heavy (non-hydrogen) atoms. The van der Waals surface area contributed by atoms with Crippen LogP contribution < -0.4 is 9.47 Å². The van der Waals surface area contributed by atoms with E-state index in [2.05, 4.69) is 0 Å². The maximum absolute atomic E-state index is 11.6. The summed E-state index contributed by atoms with van der Waals surface area (Å²) in [6, 6.07) is 10.0. The monoisotopic (exact) mass is 388 g/mol. The van der Waals surface area contributed by atoms with Gasteiger partial charge in [-0.15, -0.1) is 0 Å². The van der Waals surface area contributed by atoms with Crippen LogP contribution in [0.1, 0.15) is 5.56 Å². The number of benzene rings is 2. The zero-order chi connectivity index (χ0) is 17.5. The fourth-order valence-corrected chi connectivity index (χ4v) is 2.54. The zero-order valence-corrected chi connectivity index (χ0v) is 15.1. The lowest BCUT2D eigenvalue weighted by molar-refractivity contribution is -0.146. The summed E-state index contributed by atoms with van der Waals surface area (Å²) >= 11 is 17.6. The van der Waals surface area contributed by atoms with E-state index >= 15 is 0 Å². The molecular formula is C17H15Cl3O4. The molecule has 0 bridgehead atoms. The van der Waals surface area contributed by atoms with Crippen LogP contribution in [0.5, 0.6) is 11.5 Å². The van der Waals surface area contributed by atoms with Gasteiger partial charge < -0.3 is 14.2 Å². The molecular weight excluding hydrogens is 375 g/mol. The van der Waals surface area contributed by atoms with Crippen LogP contribution in [0.25, 0.3) is 0 Å². The Bertz CT molecular complexity index is 719. The maximum atomic E-state index is 11.6. The molecule has 2 aromatic carbocycles. The molecule has 7 heteroatoms. The smallest absolute Gasteiger partial charge is 0.344 e. The lowest BCUT2D eigenvalue weighted by atomic mass is 10.2. The van der Waals surface area contributed by atoms with E-state index in [1.807, 2.05) is 6.92 Å². The minimum Gasteiger partial charge on any atom is -0.488 e. The number of rotatable bonds is 7. The molecule has 0 atom stereocenters. The van der Waals surface area contributed by atoms with Gasteiger partial charge >= 0.3 is 5.97 Å². The summed E-state index contributed by atoms with van der Waals surface area (Å²) in [7, 11) is 0. The fourth-order valence-electron chi connectivity index (χ4n) is 1.85. The van der Waals surface area contributed by atoms with E-state index in [0.29, 0.717) is 26.6 Å². The SMILES string of the molecule is Cc1cc(Cl)ccc1OCC(=O)OCCOc1ccc(Cl)cc1Cl. The minimum absolute atomic E-state index is 0.0841. The van der Waals surface area contributed by atoms with Gasteiger partial charge in [-0.3, -0.25) is 0 Å². The summed E-state index contributed by atoms with van der Waals surface area (Å²) in [6.07, 6.45) is 0. The van der Waals surface area contributed by atoms with Crippen LogP contribution in [0.3, 0.4) is 0 Å². The summed E-state index contributed by atoms with van der Waals surface area (Å²) < 4.78 is 15.8. The Balaban J connectivity index is 1.69. The van der Waals surface area contributed by atoms with Gasteiger partial charge in [-0.25, -0.2) is 4.79 Å². The van der Waals surface area contributed by atoms with E-state index in [-0.39, 0.29) is 19.8 Å². The highest BCUT2D eigenvalue weighted by molar-refractivity contribution is 6.35. The number of hydrogen-bond donors (Lipinski definition) is 0. The van der Waals surface area contributed by atoms with Crippen molar-refractivity contribution in [2.75, 3.05) is 19.8 Å². The van der Waals surface area contributed by atoms with Crippen molar-refractivity contribution in [2.45, 2.75) is 6.92 Å². The van der Waals surface area contributed by atoms with E-state index < -0.39 is 5.97 Å². The second-order valence-electron chi connectivity index (χ2n) is 4.84. The van der Waals surface area contributed by atoms with Crippen molar-refractivity contribution in [1.29, 1.82) is 0 Å². The minimum atomic E-state index is -0.491. The largest absolute Gasteiger partial charge is 0.488 e. The van der Waals surface area contributed by atoms with E-state index in [0.717, 1.165) is 5.56 Å². The lowest BCUT2D eigenvalue weighted by Gasteiger charge is -2.10. The Morgan fingerprint density at radius 3 is 2.25 bits per heavy atom. The molecule has 0 heterocycles. The van der Waals surface area contributed by atoms with Crippen molar-refractivity contribution in [3.63, 3.8) is 0 Å². The van der Waals surface area contributed by atoms with Gasteiger partial charge in [0.05, 0.1) is 5.02 Å². The first-order valence-corrected chi connectivity index (χ1v) is 8.21. The Kier molecular flexibility index (Phi) is 7.03. The average Bonchev–Trinajstić information content (AvgIpc) is 2.52. The second kappa shape index (κ2) is 9.02. The van der Waals surface area contributed by atoms with E-state index in [9.17, 15) is 4.79 Å². The molecule has 0 aromatic heterocycles. The topological polar surface area (TPSA) is 44.8 Å². The van der Waals surface area contributed by atoms with Crippen LogP contribution in [-0.4, -0.2) is 25.8 Å². The van der Waals surface area contributed by atoms with Crippen LogP contribution in [0.4, 0.5) is 0 Å². The molecule has 0 aliphatic rings. The highest BCUT2D eigenvalue weighted by Gasteiger charge is 2.07. The van der Waals surface area contributed by atoms with Crippen LogP contribution in [-0.2, 0) is 9.53 Å². The summed E-state index contributed by atoms with van der Waals surface area (Å²) in [4.78, 5) is 11.6. The molecule has 2 rings (SSSR count). The van der Waals surface area contributed by atoms with Crippen LogP contribution in [0, 0.1) is 6.92 Å². The molecule has 0 saturated heterocycles. The Hall–Kier alpha value is -1.62. The number of halogens is 3. The number of ether oxygens (including phenoxy) is 3. The van der Waals surface area contributed by atoms with Crippen LogP contribution in [0.15, 0.2) is 36.4 Å². The fraction of sp³-hybridized carbons (Fsp3) is 0.235. The van der Waals surface area contributed by atoms with Gasteiger partial charge in [0.2, 0.25) is 0 Å². The van der Waals surface area contributed by atoms with Gasteiger partial charge in [0.25, 0.3) is 0 Å². The summed E-state index contributed by atoms with van der Waals surface area (Å²) in [5.74, 6) is 0.570. The average molecular weight is 390 g/mol. The third-order valence-corrected chi connectivity index (χ3v) is 3.75. The molecule has 0 aliphatic heterocycles. The van der Waals surface area contributed by atoms with Gasteiger partial charge in [-0.1, -0.05) is 34.8 Å². The van der Waals surface area contributed by atoms with Crippen molar-refractivity contribution in [2.24, 2.45) is 0 Å². The van der Waals surface area contributed by atoms with Crippen molar-refractivity contribution in [3.8, 4) is 11.5 Å². The first-order valence-electron chi connectivity index (χ1n) is 7.08. The normalized spacial score (nSPS) is 10.3. The van der Waals surface area contributed by atoms with Gasteiger partial charge in [0.15, 0.2) is 6.61 Å². The first-order chi connectivity index (χ1) is 11.5. The van der Waals surface area contributed by atoms with Gasteiger partial charge in [0, 0.05) is 10.0 Å². The van der Waals surface area contributed by atoms with Crippen LogP contribution >= 0.6 is 34.8 Å². The second-order valence-corrected chi connectivity index (χ2v) is 6.12. The van der Waals surface area contributed by atoms with Gasteiger partial charge in [-0.05, 0) is 48.9 Å². The van der Waals surface area contributed by atoms with Crippen molar-refractivity contribution in [1.82, 2.24) is 0 Å². The summed E-state index contributed by atoms with van der Waals surface area (Å²) in [5, 5.41) is 1.53. The standard InChI is InChI=1S/C17H15Cl3O4/c1-11-8-12(18)2-4-15(11)24-10-17(21)23-7-6-22-16-5-3-13(19)9-14(16)20/h2-5,8-9H,6-7,10H2,1H3. The molecule has 0 unspecified atom stereocenters. The lowest BCUT2D eigenvalue weighted by Crippen LogP contribution is -2.18. The highest BCUT2D eigenvalue weighted by atomic mass is 35.5. The molecule has 0 amide bonds. The highest BCUT2D eigenvalue weighted by Crippen LogP contribution is 2.27. The molecule has 0 N–H and O–H groups in total. The van der Waals surface area contributed by atoms with Crippen LogP contribution in [0.2, 0.25) is 15.1 Å². The number of hydrogen-bond acceptors (Lipinski definition) is 4. The van der Waals surface area contributed by atoms with Gasteiger partial charge in [0.1, 0.15) is 24.7 Å². The molecule has 0 radical (unpaired) electrons. The predicted molar refractivity (Wildman–Crippen MR) is 94.6 cm³/mol. The molecule has 2 aromatic rings. The molecule has 0 saturated carbocycles. The number of esters is 1. The quantitative estimate of drug-likeness (QED) is 0.496. The Labute approximate surface area is 155 Å². The molecule has 4 nitrogen and oxygen atoms in total. The number of aryl methyl sites for hydroxylation is 1. The molecule has 0 fully saturated rings. The van der Waals surface area contributed by atoms with E-state index in [1.54, 1.807) is 36.4 Å². The Morgan fingerprint density at radius 2 is 1.58 bits per heavy atom. The van der Waals surface area contributed by atoms with E-state index in [4.69, 9.17) is 49.0 Å². The number of carbonyl (C=O) groups excluding carboxylic acids is 1. The third kappa shape index (κ3) is 5.78.